The predicted octanol–water partition coefficient (Wildman–Crippen LogP) is 7.95. The first-order valence-electron chi connectivity index (χ1n) is 16.0. The first-order chi connectivity index (χ1) is 21.0. The molecule has 3 aliphatic rings. The molecule has 3 aliphatic carbocycles. The SMILES string of the molecule is C/C=C\C(C/C=C/O)CNC(=O)C(C1=CCC=C(Cn2c3c(c4c(C)nc(C)nc42)C=CC=CC3)C=C1)C1CCCCC1. The molecule has 0 aromatic carbocycles. The van der Waals surface area contributed by atoms with E-state index in [4.69, 9.17) is 10.1 Å². The summed E-state index contributed by atoms with van der Waals surface area (Å²) in [6.45, 7) is 7.32. The summed E-state index contributed by atoms with van der Waals surface area (Å²) in [6.07, 6.45) is 32.7. The zero-order valence-electron chi connectivity index (χ0n) is 25.9. The summed E-state index contributed by atoms with van der Waals surface area (Å²) < 4.78 is 2.36. The van der Waals surface area contributed by atoms with Crippen molar-refractivity contribution in [2.75, 3.05) is 6.54 Å². The van der Waals surface area contributed by atoms with Crippen molar-refractivity contribution in [2.24, 2.45) is 17.8 Å². The molecule has 0 aliphatic heterocycles. The minimum absolute atomic E-state index is 0.122. The summed E-state index contributed by atoms with van der Waals surface area (Å²) >= 11 is 0. The summed E-state index contributed by atoms with van der Waals surface area (Å²) in [7, 11) is 0. The Bertz CT molecular complexity index is 1530. The first kappa shape index (κ1) is 30.5. The molecule has 0 bridgehead atoms. The van der Waals surface area contributed by atoms with E-state index in [-0.39, 0.29) is 17.7 Å². The highest BCUT2D eigenvalue weighted by Crippen LogP contribution is 2.36. The Morgan fingerprint density at radius 1 is 1.12 bits per heavy atom. The lowest BCUT2D eigenvalue weighted by Crippen LogP contribution is -2.38. The van der Waals surface area contributed by atoms with Crippen LogP contribution in [0.2, 0.25) is 0 Å². The molecular weight excluding hydrogens is 532 g/mol. The molecule has 5 rings (SSSR count). The fraction of sp³-hybridized carbons (Fsp3) is 0.432. The van der Waals surface area contributed by atoms with Crippen molar-refractivity contribution in [3.63, 3.8) is 0 Å². The molecule has 1 amide bonds. The number of nitrogens with zero attached hydrogens (tertiary/aromatic N) is 3. The van der Waals surface area contributed by atoms with Crippen LogP contribution in [-0.2, 0) is 17.8 Å². The van der Waals surface area contributed by atoms with Gasteiger partial charge in [-0.05, 0) is 75.5 Å². The maximum absolute atomic E-state index is 13.9. The van der Waals surface area contributed by atoms with Crippen LogP contribution in [-0.4, -0.2) is 32.1 Å². The maximum Gasteiger partial charge on any atom is 0.227 e. The molecule has 0 spiro atoms. The number of allylic oxidation sites excluding steroid dienone is 10. The van der Waals surface area contributed by atoms with E-state index in [1.54, 1.807) is 6.08 Å². The Labute approximate surface area is 256 Å². The number of nitrogens with one attached hydrogen (secondary N) is 1. The van der Waals surface area contributed by atoms with Crippen LogP contribution in [0.4, 0.5) is 0 Å². The number of aliphatic hydroxyl groups excluding tert-OH is 1. The van der Waals surface area contributed by atoms with E-state index < -0.39 is 0 Å². The molecule has 2 aromatic heterocycles. The number of carbonyl (C=O) groups is 1. The highest BCUT2D eigenvalue weighted by atomic mass is 16.2. The lowest BCUT2D eigenvalue weighted by molar-refractivity contribution is -0.125. The molecule has 0 saturated heterocycles. The standard InChI is InChI=1S/C37H46N4O2/c1-4-13-28(15-12-23-42)24-38-37(43)35(30-16-7-5-8-17-30)31-18-11-14-29(21-22-31)25-41-33-20-10-6-9-19-32(33)34-26(2)39-27(3)40-36(34)41/h4,6,9-10,12-14,18-19,21-23,28,30,35,42H,5,7-8,11,15-17,20,24-25H2,1-3H3,(H,38,43)/b13-4-,23-12+. The van der Waals surface area contributed by atoms with Crippen molar-refractivity contribution in [3.05, 3.63) is 101 Å². The lowest BCUT2D eigenvalue weighted by Gasteiger charge is -2.31. The van der Waals surface area contributed by atoms with Crippen LogP contribution in [0.3, 0.4) is 0 Å². The summed E-state index contributed by atoms with van der Waals surface area (Å²) in [5.41, 5.74) is 6.85. The monoisotopic (exact) mass is 578 g/mol. The van der Waals surface area contributed by atoms with Gasteiger partial charge in [0.05, 0.1) is 17.9 Å². The smallest absolute Gasteiger partial charge is 0.227 e. The molecular formula is C37H46N4O2. The molecule has 2 atom stereocenters. The van der Waals surface area contributed by atoms with E-state index in [9.17, 15) is 4.79 Å². The van der Waals surface area contributed by atoms with Gasteiger partial charge in [0.15, 0.2) is 0 Å². The Kier molecular flexibility index (Phi) is 10.3. The third-order valence-corrected chi connectivity index (χ3v) is 9.04. The van der Waals surface area contributed by atoms with Crippen LogP contribution in [0.15, 0.2) is 78.2 Å². The first-order valence-corrected chi connectivity index (χ1v) is 16.0. The van der Waals surface area contributed by atoms with Crippen LogP contribution < -0.4 is 5.32 Å². The second-order valence-electron chi connectivity index (χ2n) is 12.1. The molecule has 2 unspecified atom stereocenters. The number of rotatable bonds is 10. The maximum atomic E-state index is 13.9. The van der Waals surface area contributed by atoms with Gasteiger partial charge in [0.25, 0.3) is 0 Å². The van der Waals surface area contributed by atoms with Gasteiger partial charge in [-0.2, -0.15) is 0 Å². The average Bonchev–Trinajstić information content (AvgIpc) is 3.21. The number of fused-ring (bicyclic) bond motifs is 3. The highest BCUT2D eigenvalue weighted by Gasteiger charge is 2.32. The lowest BCUT2D eigenvalue weighted by atomic mass is 9.75. The van der Waals surface area contributed by atoms with Crippen LogP contribution in [0.5, 0.6) is 0 Å². The number of aromatic nitrogens is 3. The topological polar surface area (TPSA) is 80.0 Å². The van der Waals surface area contributed by atoms with Gasteiger partial charge in [-0.25, -0.2) is 9.97 Å². The minimum Gasteiger partial charge on any atom is -0.516 e. The molecule has 1 fully saturated rings. The minimum atomic E-state index is -0.152. The van der Waals surface area contributed by atoms with Gasteiger partial charge >= 0.3 is 0 Å². The Morgan fingerprint density at radius 2 is 1.95 bits per heavy atom. The molecule has 43 heavy (non-hydrogen) atoms. The summed E-state index contributed by atoms with van der Waals surface area (Å²) in [5, 5.41) is 13.6. The highest BCUT2D eigenvalue weighted by molar-refractivity contribution is 5.91. The van der Waals surface area contributed by atoms with Crippen molar-refractivity contribution >= 4 is 23.0 Å². The fourth-order valence-electron chi connectivity index (χ4n) is 7.00. The van der Waals surface area contributed by atoms with Crippen molar-refractivity contribution in [1.29, 1.82) is 0 Å². The van der Waals surface area contributed by atoms with Gasteiger partial charge in [0, 0.05) is 36.2 Å². The normalized spacial score (nSPS) is 18.9. The zero-order chi connectivity index (χ0) is 30.2. The van der Waals surface area contributed by atoms with Crippen LogP contribution >= 0.6 is 0 Å². The zero-order valence-corrected chi connectivity index (χ0v) is 25.9. The Balaban J connectivity index is 1.39. The van der Waals surface area contributed by atoms with Crippen molar-refractivity contribution in [2.45, 2.75) is 78.7 Å². The molecule has 1 saturated carbocycles. The molecule has 226 valence electrons. The number of hydrogen-bond acceptors (Lipinski definition) is 4. The van der Waals surface area contributed by atoms with E-state index in [1.807, 2.05) is 19.9 Å². The van der Waals surface area contributed by atoms with E-state index in [0.717, 1.165) is 66.6 Å². The molecule has 2 aromatic rings. The summed E-state index contributed by atoms with van der Waals surface area (Å²) in [5.74, 6) is 1.27. The molecule has 6 nitrogen and oxygen atoms in total. The van der Waals surface area contributed by atoms with Crippen molar-refractivity contribution < 1.29 is 9.90 Å². The number of aryl methyl sites for hydroxylation is 2. The van der Waals surface area contributed by atoms with Gasteiger partial charge in [0.2, 0.25) is 5.91 Å². The number of aliphatic hydroxyl groups is 1. The second kappa shape index (κ2) is 14.5. The predicted molar refractivity (Wildman–Crippen MR) is 177 cm³/mol. The number of carbonyl (C=O) groups excluding carboxylic acids is 1. The third-order valence-electron chi connectivity index (χ3n) is 9.04. The second-order valence-corrected chi connectivity index (χ2v) is 12.1. The Morgan fingerprint density at radius 3 is 2.74 bits per heavy atom. The largest absolute Gasteiger partial charge is 0.516 e. The average molecular weight is 579 g/mol. The molecule has 2 heterocycles. The molecule has 0 radical (unpaired) electrons. The molecule has 2 N–H and O–H groups in total. The van der Waals surface area contributed by atoms with E-state index >= 15 is 0 Å². The Hall–Kier alpha value is -3.93. The van der Waals surface area contributed by atoms with Crippen LogP contribution in [0, 0.1) is 31.6 Å². The van der Waals surface area contributed by atoms with Gasteiger partial charge in [-0.3, -0.25) is 4.79 Å². The van der Waals surface area contributed by atoms with Gasteiger partial charge in [-0.15, -0.1) is 0 Å². The third kappa shape index (κ3) is 7.18. The van der Waals surface area contributed by atoms with Crippen molar-refractivity contribution in [3.8, 4) is 0 Å². The molecule has 6 heteroatoms. The van der Waals surface area contributed by atoms with Crippen molar-refractivity contribution in [1.82, 2.24) is 19.9 Å². The van der Waals surface area contributed by atoms with Crippen LogP contribution in [0.1, 0.15) is 74.6 Å². The summed E-state index contributed by atoms with van der Waals surface area (Å²) in [6, 6.07) is 0. The van der Waals surface area contributed by atoms with E-state index in [1.165, 1.54) is 36.1 Å². The number of hydrogen-bond donors (Lipinski definition) is 2. The van der Waals surface area contributed by atoms with E-state index in [2.05, 4.69) is 76.5 Å². The van der Waals surface area contributed by atoms with Gasteiger partial charge in [0.1, 0.15) is 11.5 Å². The van der Waals surface area contributed by atoms with E-state index in [0.29, 0.717) is 18.9 Å². The summed E-state index contributed by atoms with van der Waals surface area (Å²) in [4.78, 5) is 23.4. The van der Waals surface area contributed by atoms with Gasteiger partial charge in [-0.1, -0.05) is 80.0 Å². The fourth-order valence-corrected chi connectivity index (χ4v) is 7.00. The van der Waals surface area contributed by atoms with Gasteiger partial charge < -0.3 is 15.0 Å². The van der Waals surface area contributed by atoms with Crippen LogP contribution in [0.25, 0.3) is 17.1 Å². The number of amides is 1. The quantitative estimate of drug-likeness (QED) is 0.221.